The minimum atomic E-state index is -3.40. The van der Waals surface area contributed by atoms with Gasteiger partial charge in [-0.15, -0.1) is 0 Å². The van der Waals surface area contributed by atoms with Gasteiger partial charge in [0, 0.05) is 20.1 Å². The van der Waals surface area contributed by atoms with Crippen LogP contribution < -0.4 is 5.32 Å². The Morgan fingerprint density at radius 1 is 1.24 bits per heavy atom. The summed E-state index contributed by atoms with van der Waals surface area (Å²) in [6, 6.07) is 7.14. The first-order valence-corrected chi connectivity index (χ1v) is 9.30. The maximum atomic E-state index is 12.9. The van der Waals surface area contributed by atoms with Crippen LogP contribution in [0.4, 0.5) is 5.69 Å². The quantitative estimate of drug-likeness (QED) is 0.907. The summed E-state index contributed by atoms with van der Waals surface area (Å²) in [5, 5.41) is 2.98. The molecule has 1 aliphatic heterocycles. The molecule has 0 amide bonds. The highest BCUT2D eigenvalue weighted by atomic mass is 32.2. The van der Waals surface area contributed by atoms with E-state index in [9.17, 15) is 8.42 Å². The van der Waals surface area contributed by atoms with Crippen LogP contribution in [0.3, 0.4) is 0 Å². The summed E-state index contributed by atoms with van der Waals surface area (Å²) in [4.78, 5) is 0.390. The van der Waals surface area contributed by atoms with Crippen molar-refractivity contribution >= 4 is 15.7 Å². The van der Waals surface area contributed by atoms with Gasteiger partial charge in [-0.1, -0.05) is 31.9 Å². The molecule has 0 spiro atoms. The molecule has 1 aromatic carbocycles. The maximum Gasteiger partial charge on any atom is 0.245 e. The molecule has 21 heavy (non-hydrogen) atoms. The smallest absolute Gasteiger partial charge is 0.245 e. The largest absolute Gasteiger partial charge is 0.387 e. The third kappa shape index (κ3) is 3.77. The second-order valence-electron chi connectivity index (χ2n) is 5.74. The number of anilines is 1. The first kappa shape index (κ1) is 16.3. The molecule has 0 bridgehead atoms. The molecule has 1 atom stereocenters. The normalized spacial score (nSPS) is 21.0. The van der Waals surface area contributed by atoms with E-state index in [2.05, 4.69) is 12.2 Å². The Morgan fingerprint density at radius 2 is 2.00 bits per heavy atom. The van der Waals surface area contributed by atoms with Crippen LogP contribution in [0.1, 0.15) is 39.0 Å². The van der Waals surface area contributed by atoms with Gasteiger partial charge in [0.25, 0.3) is 0 Å². The lowest BCUT2D eigenvalue weighted by Gasteiger charge is -2.21. The number of nitrogens with one attached hydrogen (secondary N) is 1. The Balaban J connectivity index is 2.19. The first-order chi connectivity index (χ1) is 10.1. The van der Waals surface area contributed by atoms with Gasteiger partial charge in [-0.25, -0.2) is 8.42 Å². The van der Waals surface area contributed by atoms with Gasteiger partial charge in [-0.3, -0.25) is 0 Å². The molecule has 1 aromatic rings. The Morgan fingerprint density at radius 3 is 2.71 bits per heavy atom. The van der Waals surface area contributed by atoms with Gasteiger partial charge >= 0.3 is 0 Å². The Bertz CT molecular complexity index is 557. The SMILES string of the molecule is CCCC1CCCN(S(=O)(=O)c2ccccc2NC)CC1. The molecule has 1 unspecified atom stereocenters. The van der Waals surface area contributed by atoms with Crippen molar-refractivity contribution in [3.05, 3.63) is 24.3 Å². The predicted octanol–water partition coefficient (Wildman–Crippen LogP) is 3.32. The van der Waals surface area contributed by atoms with E-state index >= 15 is 0 Å². The van der Waals surface area contributed by atoms with E-state index in [-0.39, 0.29) is 0 Å². The second kappa shape index (κ2) is 7.27. The fourth-order valence-electron chi connectivity index (χ4n) is 3.11. The van der Waals surface area contributed by atoms with Crippen molar-refractivity contribution in [2.24, 2.45) is 5.92 Å². The van der Waals surface area contributed by atoms with Crippen LogP contribution in [0.5, 0.6) is 0 Å². The maximum absolute atomic E-state index is 12.9. The zero-order valence-corrected chi connectivity index (χ0v) is 13.8. The number of benzene rings is 1. The summed E-state index contributed by atoms with van der Waals surface area (Å²) in [6.45, 7) is 3.48. The minimum Gasteiger partial charge on any atom is -0.387 e. The molecule has 4 nitrogen and oxygen atoms in total. The molecule has 1 fully saturated rings. The van der Waals surface area contributed by atoms with Crippen molar-refractivity contribution in [2.75, 3.05) is 25.5 Å². The fraction of sp³-hybridized carbons (Fsp3) is 0.625. The standard InChI is InChI=1S/C16H26N2O2S/c1-3-7-14-8-6-12-18(13-11-14)21(19,20)16-10-5-4-9-15(16)17-2/h4-5,9-10,14,17H,3,6-8,11-13H2,1-2H3. The summed E-state index contributed by atoms with van der Waals surface area (Å²) in [6.07, 6.45) is 5.48. The molecule has 0 aromatic heterocycles. The molecule has 0 radical (unpaired) electrons. The van der Waals surface area contributed by atoms with Crippen molar-refractivity contribution < 1.29 is 8.42 Å². The Hall–Kier alpha value is -1.07. The van der Waals surface area contributed by atoms with Crippen LogP contribution in [-0.2, 0) is 10.0 Å². The molecule has 118 valence electrons. The van der Waals surface area contributed by atoms with E-state index in [0.29, 0.717) is 29.6 Å². The van der Waals surface area contributed by atoms with Crippen LogP contribution in [-0.4, -0.2) is 32.9 Å². The zero-order chi connectivity index (χ0) is 15.3. The Kier molecular flexibility index (Phi) is 5.65. The molecule has 1 aliphatic rings. The highest BCUT2D eigenvalue weighted by Crippen LogP contribution is 2.28. The number of sulfonamides is 1. The van der Waals surface area contributed by atoms with E-state index in [0.717, 1.165) is 19.3 Å². The van der Waals surface area contributed by atoms with Crippen molar-refractivity contribution in [2.45, 2.75) is 43.9 Å². The van der Waals surface area contributed by atoms with Crippen molar-refractivity contribution in [3.8, 4) is 0 Å². The number of nitrogens with zero attached hydrogens (tertiary/aromatic N) is 1. The van der Waals surface area contributed by atoms with Gasteiger partial charge in [0.15, 0.2) is 0 Å². The highest BCUT2D eigenvalue weighted by molar-refractivity contribution is 7.89. The average molecular weight is 310 g/mol. The molecule has 1 heterocycles. The highest BCUT2D eigenvalue weighted by Gasteiger charge is 2.28. The van der Waals surface area contributed by atoms with Gasteiger partial charge in [0.05, 0.1) is 5.69 Å². The van der Waals surface area contributed by atoms with Crippen LogP contribution >= 0.6 is 0 Å². The lowest BCUT2D eigenvalue weighted by atomic mass is 9.96. The topological polar surface area (TPSA) is 49.4 Å². The molecule has 1 saturated heterocycles. The van der Waals surface area contributed by atoms with Crippen molar-refractivity contribution in [1.29, 1.82) is 0 Å². The van der Waals surface area contributed by atoms with Crippen LogP contribution in [0.25, 0.3) is 0 Å². The molecule has 1 N–H and O–H groups in total. The van der Waals surface area contributed by atoms with Gasteiger partial charge < -0.3 is 5.32 Å². The lowest BCUT2D eigenvalue weighted by Crippen LogP contribution is -2.32. The van der Waals surface area contributed by atoms with E-state index in [4.69, 9.17) is 0 Å². The van der Waals surface area contributed by atoms with Crippen LogP contribution in [0.15, 0.2) is 29.2 Å². The van der Waals surface area contributed by atoms with Crippen LogP contribution in [0, 0.1) is 5.92 Å². The van der Waals surface area contributed by atoms with E-state index in [1.165, 1.54) is 12.8 Å². The van der Waals surface area contributed by atoms with E-state index in [1.54, 1.807) is 23.5 Å². The second-order valence-corrected chi connectivity index (χ2v) is 7.64. The summed E-state index contributed by atoms with van der Waals surface area (Å²) >= 11 is 0. The molecular formula is C16H26N2O2S. The predicted molar refractivity (Wildman–Crippen MR) is 87.0 cm³/mol. The van der Waals surface area contributed by atoms with Crippen molar-refractivity contribution in [3.63, 3.8) is 0 Å². The van der Waals surface area contributed by atoms with Gasteiger partial charge in [0.2, 0.25) is 10.0 Å². The molecular weight excluding hydrogens is 284 g/mol. The van der Waals surface area contributed by atoms with Gasteiger partial charge in [0.1, 0.15) is 4.90 Å². The third-order valence-corrected chi connectivity index (χ3v) is 6.23. The summed E-state index contributed by atoms with van der Waals surface area (Å²) < 4.78 is 27.4. The van der Waals surface area contributed by atoms with Crippen molar-refractivity contribution in [1.82, 2.24) is 4.31 Å². The average Bonchev–Trinajstić information content (AvgIpc) is 2.74. The molecule has 0 aliphatic carbocycles. The summed E-state index contributed by atoms with van der Waals surface area (Å²) in [5.74, 6) is 0.676. The molecule has 5 heteroatoms. The Labute approximate surface area is 128 Å². The molecule has 2 rings (SSSR count). The number of hydrogen-bond acceptors (Lipinski definition) is 3. The third-order valence-electron chi connectivity index (χ3n) is 4.28. The fourth-order valence-corrected chi connectivity index (χ4v) is 4.81. The van der Waals surface area contributed by atoms with E-state index < -0.39 is 10.0 Å². The van der Waals surface area contributed by atoms with E-state index in [1.807, 2.05) is 12.1 Å². The zero-order valence-electron chi connectivity index (χ0n) is 13.0. The monoisotopic (exact) mass is 310 g/mol. The number of para-hydroxylation sites is 1. The van der Waals surface area contributed by atoms with Crippen LogP contribution in [0.2, 0.25) is 0 Å². The minimum absolute atomic E-state index is 0.390. The number of hydrogen-bond donors (Lipinski definition) is 1. The van der Waals surface area contributed by atoms with Gasteiger partial charge in [-0.2, -0.15) is 4.31 Å². The lowest BCUT2D eigenvalue weighted by molar-refractivity contribution is 0.400. The van der Waals surface area contributed by atoms with Gasteiger partial charge in [-0.05, 0) is 37.3 Å². The molecule has 0 saturated carbocycles. The summed E-state index contributed by atoms with van der Waals surface area (Å²) in [7, 11) is -1.64. The number of rotatable bonds is 5. The first-order valence-electron chi connectivity index (χ1n) is 7.86. The summed E-state index contributed by atoms with van der Waals surface area (Å²) in [5.41, 5.74) is 0.673.